The number of para-hydroxylation sites is 1. The number of phenolic OH excluding ortho intramolecular Hbond substituents is 1. The molecule has 3 aromatic rings. The van der Waals surface area contributed by atoms with E-state index >= 15 is 0 Å². The first-order valence-electron chi connectivity index (χ1n) is 11.3. The van der Waals surface area contributed by atoms with E-state index < -0.39 is 0 Å². The van der Waals surface area contributed by atoms with E-state index in [1.54, 1.807) is 6.07 Å². The maximum Gasteiger partial charge on any atom is 0.410 e. The van der Waals surface area contributed by atoms with Gasteiger partial charge >= 0.3 is 6.09 Å². The van der Waals surface area contributed by atoms with Crippen LogP contribution in [0, 0.1) is 0 Å². The Morgan fingerprint density at radius 2 is 1.50 bits per heavy atom. The minimum Gasteiger partial charge on any atom is -0.507 e. The molecule has 4 nitrogen and oxygen atoms in total. The maximum atomic E-state index is 13.2. The fraction of sp³-hybridized carbons (Fsp3) is 0.250. The van der Waals surface area contributed by atoms with Crippen LogP contribution in [0.3, 0.4) is 0 Å². The normalized spacial score (nSPS) is 21.1. The van der Waals surface area contributed by atoms with E-state index in [1.807, 2.05) is 23.1 Å². The molecule has 0 saturated carbocycles. The number of benzene rings is 3. The first kappa shape index (κ1) is 19.2. The molecule has 0 spiro atoms. The van der Waals surface area contributed by atoms with Crippen molar-refractivity contribution >= 4 is 11.7 Å². The molecule has 1 fully saturated rings. The number of rotatable bonds is 3. The summed E-state index contributed by atoms with van der Waals surface area (Å²) in [5.41, 5.74) is 6.92. The van der Waals surface area contributed by atoms with Crippen LogP contribution in [0.2, 0.25) is 0 Å². The van der Waals surface area contributed by atoms with Crippen LogP contribution >= 0.6 is 0 Å². The lowest BCUT2D eigenvalue weighted by Gasteiger charge is -2.33. The van der Waals surface area contributed by atoms with Gasteiger partial charge in [0.25, 0.3) is 0 Å². The molecule has 1 aliphatic carbocycles. The molecule has 2 unspecified atom stereocenters. The summed E-state index contributed by atoms with van der Waals surface area (Å²) in [4.78, 5) is 15.1. The summed E-state index contributed by atoms with van der Waals surface area (Å²) < 4.78 is 5.93. The van der Waals surface area contributed by atoms with Gasteiger partial charge in [-0.1, -0.05) is 72.8 Å². The van der Waals surface area contributed by atoms with Crippen LogP contribution in [-0.2, 0) is 4.74 Å². The molecule has 2 bridgehead atoms. The lowest BCUT2D eigenvalue weighted by molar-refractivity contribution is 0.0866. The summed E-state index contributed by atoms with van der Waals surface area (Å²) >= 11 is 0. The van der Waals surface area contributed by atoms with Crippen LogP contribution in [-0.4, -0.2) is 34.8 Å². The molecule has 0 aromatic heterocycles. The number of aromatic hydroxyl groups is 1. The zero-order valence-electron chi connectivity index (χ0n) is 17.8. The number of carbonyl (C=O) groups is 1. The molecule has 0 radical (unpaired) electrons. The number of amides is 1. The quantitative estimate of drug-likeness (QED) is 0.565. The molecule has 3 aromatic carbocycles. The van der Waals surface area contributed by atoms with Gasteiger partial charge in [0, 0.05) is 17.5 Å². The third kappa shape index (κ3) is 3.01. The second-order valence-electron chi connectivity index (χ2n) is 8.92. The molecule has 160 valence electrons. The molecule has 2 aliphatic heterocycles. The summed E-state index contributed by atoms with van der Waals surface area (Å²) in [5.74, 6) is 0.369. The highest BCUT2D eigenvalue weighted by molar-refractivity contribution is 5.80. The highest BCUT2D eigenvalue weighted by Crippen LogP contribution is 2.45. The number of hydrogen-bond acceptors (Lipinski definition) is 3. The Hall–Kier alpha value is -3.53. The first-order chi connectivity index (χ1) is 15.7. The van der Waals surface area contributed by atoms with Gasteiger partial charge in [-0.25, -0.2) is 4.79 Å². The highest BCUT2D eigenvalue weighted by Gasteiger charge is 2.41. The van der Waals surface area contributed by atoms with Gasteiger partial charge in [-0.3, -0.25) is 4.90 Å². The van der Waals surface area contributed by atoms with Crippen molar-refractivity contribution in [3.05, 3.63) is 95.6 Å². The number of fused-ring (bicyclic) bond motifs is 5. The summed E-state index contributed by atoms with van der Waals surface area (Å²) in [5, 5.41) is 10.3. The molecule has 2 atom stereocenters. The van der Waals surface area contributed by atoms with Gasteiger partial charge in [-0.2, -0.15) is 0 Å². The standard InChI is InChI=1S/C28H25NO3/c30-27-12-6-5-7-21(27)18-15-19-13-14-20(16-18)29(19)28(31)32-17-26-24-10-3-1-8-22(24)23-9-2-4-11-25(23)26/h1-12,15,19-20,26,30H,13-14,16-17H2. The average molecular weight is 424 g/mol. The summed E-state index contributed by atoms with van der Waals surface area (Å²) in [6.07, 6.45) is 4.55. The molecule has 6 rings (SSSR count). The van der Waals surface area contributed by atoms with E-state index in [2.05, 4.69) is 54.6 Å². The highest BCUT2D eigenvalue weighted by atomic mass is 16.6. The van der Waals surface area contributed by atoms with Crippen molar-refractivity contribution in [2.45, 2.75) is 37.3 Å². The van der Waals surface area contributed by atoms with E-state index in [0.717, 1.165) is 30.4 Å². The van der Waals surface area contributed by atoms with E-state index in [4.69, 9.17) is 4.74 Å². The van der Waals surface area contributed by atoms with E-state index in [-0.39, 0.29) is 24.1 Å². The number of ether oxygens (including phenoxy) is 1. The topological polar surface area (TPSA) is 49.8 Å². The SMILES string of the molecule is O=C(OCC1c2ccccc2-c2ccccc21)N1C2C=C(c3ccccc3O)CC1CC2. The van der Waals surface area contributed by atoms with Crippen molar-refractivity contribution in [3.63, 3.8) is 0 Å². The summed E-state index contributed by atoms with van der Waals surface area (Å²) in [6.45, 7) is 0.346. The summed E-state index contributed by atoms with van der Waals surface area (Å²) in [6, 6.07) is 24.4. The zero-order valence-corrected chi connectivity index (χ0v) is 17.8. The Kier molecular flexibility index (Phi) is 4.53. The van der Waals surface area contributed by atoms with Gasteiger partial charge in [0.1, 0.15) is 12.4 Å². The predicted octanol–water partition coefficient (Wildman–Crippen LogP) is 5.96. The van der Waals surface area contributed by atoms with Crippen molar-refractivity contribution in [2.75, 3.05) is 6.61 Å². The third-order valence-corrected chi connectivity index (χ3v) is 7.19. The van der Waals surface area contributed by atoms with Crippen LogP contribution in [0.5, 0.6) is 5.75 Å². The van der Waals surface area contributed by atoms with Gasteiger partial charge < -0.3 is 9.84 Å². The van der Waals surface area contributed by atoms with E-state index in [0.29, 0.717) is 12.4 Å². The molecule has 4 heteroatoms. The smallest absolute Gasteiger partial charge is 0.410 e. The molecule has 1 saturated heterocycles. The first-order valence-corrected chi connectivity index (χ1v) is 11.3. The van der Waals surface area contributed by atoms with Crippen molar-refractivity contribution < 1.29 is 14.6 Å². The lowest BCUT2D eigenvalue weighted by atomic mass is 9.94. The molecular weight excluding hydrogens is 398 g/mol. The van der Waals surface area contributed by atoms with Crippen molar-refractivity contribution in [3.8, 4) is 16.9 Å². The average Bonchev–Trinajstić information content (AvgIpc) is 3.29. The summed E-state index contributed by atoms with van der Waals surface area (Å²) in [7, 11) is 0. The third-order valence-electron chi connectivity index (χ3n) is 7.19. The number of hydrogen-bond donors (Lipinski definition) is 1. The zero-order chi connectivity index (χ0) is 21.7. The molecule has 3 aliphatic rings. The van der Waals surface area contributed by atoms with Gasteiger partial charge in [-0.05, 0) is 53.2 Å². The van der Waals surface area contributed by atoms with Crippen LogP contribution in [0.15, 0.2) is 78.9 Å². The fourth-order valence-corrected chi connectivity index (χ4v) is 5.73. The number of phenols is 1. The molecule has 1 N–H and O–H groups in total. The Morgan fingerprint density at radius 1 is 0.875 bits per heavy atom. The van der Waals surface area contributed by atoms with Gasteiger partial charge in [0.15, 0.2) is 0 Å². The molecule has 32 heavy (non-hydrogen) atoms. The van der Waals surface area contributed by atoms with Crippen molar-refractivity contribution in [1.82, 2.24) is 4.90 Å². The van der Waals surface area contributed by atoms with Crippen LogP contribution in [0.1, 0.15) is 41.9 Å². The monoisotopic (exact) mass is 423 g/mol. The molecule has 1 amide bonds. The Labute approximate surface area is 187 Å². The van der Waals surface area contributed by atoms with Crippen LogP contribution in [0.25, 0.3) is 16.7 Å². The predicted molar refractivity (Wildman–Crippen MR) is 124 cm³/mol. The second-order valence-corrected chi connectivity index (χ2v) is 8.92. The van der Waals surface area contributed by atoms with Gasteiger partial charge in [0.2, 0.25) is 0 Å². The van der Waals surface area contributed by atoms with Gasteiger partial charge in [-0.15, -0.1) is 0 Å². The number of carbonyl (C=O) groups excluding carboxylic acids is 1. The van der Waals surface area contributed by atoms with Crippen molar-refractivity contribution in [1.29, 1.82) is 0 Å². The lowest BCUT2D eigenvalue weighted by Crippen LogP contribution is -2.43. The van der Waals surface area contributed by atoms with Crippen LogP contribution in [0.4, 0.5) is 4.79 Å². The molecular formula is C28H25NO3. The van der Waals surface area contributed by atoms with Gasteiger partial charge in [0.05, 0.1) is 6.04 Å². The Morgan fingerprint density at radius 3 is 2.16 bits per heavy atom. The van der Waals surface area contributed by atoms with E-state index in [9.17, 15) is 9.90 Å². The van der Waals surface area contributed by atoms with E-state index in [1.165, 1.54) is 22.3 Å². The Balaban J connectivity index is 1.21. The van der Waals surface area contributed by atoms with Crippen LogP contribution < -0.4 is 0 Å². The maximum absolute atomic E-state index is 13.2. The minimum atomic E-state index is -0.230. The largest absolute Gasteiger partial charge is 0.507 e. The minimum absolute atomic E-state index is 0.0269. The fourth-order valence-electron chi connectivity index (χ4n) is 5.73. The Bertz CT molecular complexity index is 1190. The van der Waals surface area contributed by atoms with Crippen molar-refractivity contribution in [2.24, 2.45) is 0 Å². The molecule has 2 heterocycles. The second kappa shape index (κ2) is 7.56. The number of nitrogens with zero attached hydrogens (tertiary/aromatic N) is 1.